The molecule has 198 valence electrons. The Kier molecular flexibility index (Phi) is 6.58. The lowest BCUT2D eigenvalue weighted by Crippen LogP contribution is -2.06. The van der Waals surface area contributed by atoms with Gasteiger partial charge in [-0.15, -0.1) is 0 Å². The Balaban J connectivity index is 1.36. The van der Waals surface area contributed by atoms with Gasteiger partial charge in [0.15, 0.2) is 11.4 Å². The second-order valence-electron chi connectivity index (χ2n) is 8.86. The van der Waals surface area contributed by atoms with E-state index in [9.17, 15) is 29.8 Å². The minimum atomic E-state index is -0.698. The van der Waals surface area contributed by atoms with Crippen LogP contribution in [0.15, 0.2) is 82.0 Å². The Bertz CT molecular complexity index is 1620. The molecule has 2 heterocycles. The molecule has 12 heteroatoms. The third-order valence-corrected chi connectivity index (χ3v) is 6.09. The van der Waals surface area contributed by atoms with Crippen LogP contribution in [0.1, 0.15) is 33.4 Å². The molecule has 0 fully saturated rings. The Morgan fingerprint density at radius 1 is 0.650 bits per heavy atom. The van der Waals surface area contributed by atoms with Crippen LogP contribution in [0, 0.1) is 34.1 Å². The molecule has 3 aromatic rings. The minimum absolute atomic E-state index is 0.0186. The van der Waals surface area contributed by atoms with Crippen LogP contribution in [0.2, 0.25) is 0 Å². The highest BCUT2D eigenvalue weighted by Crippen LogP contribution is 2.26. The summed E-state index contributed by atoms with van der Waals surface area (Å²) in [6.07, 6.45) is 3.00. The summed E-state index contributed by atoms with van der Waals surface area (Å²) in [6, 6.07) is 15.6. The zero-order valence-electron chi connectivity index (χ0n) is 21.0. The lowest BCUT2D eigenvalue weighted by atomic mass is 10.1. The molecule has 0 aromatic heterocycles. The number of nitro groups is 2. The molecule has 0 radical (unpaired) electrons. The Morgan fingerprint density at radius 3 is 1.38 bits per heavy atom. The lowest BCUT2D eigenvalue weighted by molar-refractivity contribution is -0.385. The fraction of sp³-hybridized carbons (Fsp3) is 0.0714. The Hall–Kier alpha value is -5.78. The van der Waals surface area contributed by atoms with E-state index in [0.29, 0.717) is 33.4 Å². The predicted molar refractivity (Wildman–Crippen MR) is 143 cm³/mol. The highest BCUT2D eigenvalue weighted by atomic mass is 16.6. The largest absolute Gasteiger partial charge is 0.402 e. The molecule has 0 atom stereocenters. The van der Waals surface area contributed by atoms with E-state index in [0.717, 1.165) is 0 Å². The summed E-state index contributed by atoms with van der Waals surface area (Å²) in [6.45, 7) is 3.21. The predicted octanol–water partition coefficient (Wildman–Crippen LogP) is 4.81. The molecule has 0 saturated heterocycles. The van der Waals surface area contributed by atoms with Crippen molar-refractivity contribution in [3.05, 3.63) is 126 Å². The van der Waals surface area contributed by atoms with Crippen molar-refractivity contribution in [2.45, 2.75) is 13.8 Å². The van der Waals surface area contributed by atoms with E-state index in [1.165, 1.54) is 24.3 Å². The number of carbonyl (C=O) groups is 2. The van der Waals surface area contributed by atoms with Gasteiger partial charge in [0.1, 0.15) is 0 Å². The number of rotatable bonds is 6. The molecule has 0 amide bonds. The number of aryl methyl sites for hydroxylation is 2. The van der Waals surface area contributed by atoms with Crippen molar-refractivity contribution >= 4 is 47.3 Å². The van der Waals surface area contributed by atoms with Gasteiger partial charge in [-0.05, 0) is 49.3 Å². The monoisotopic (exact) mass is 538 g/mol. The summed E-state index contributed by atoms with van der Waals surface area (Å²) >= 11 is 0. The first kappa shape index (κ1) is 25.9. The van der Waals surface area contributed by atoms with Crippen molar-refractivity contribution in [3.63, 3.8) is 0 Å². The first-order valence-corrected chi connectivity index (χ1v) is 11.7. The van der Waals surface area contributed by atoms with Gasteiger partial charge in [0.2, 0.25) is 11.8 Å². The SMILES string of the molecule is Cc1ccc(C2=N/C(=C\c3ccc(/C=C4\N=C(c5ccc(C)c([N+](=O)[O-])c5)OC4=O)cc3)C(=O)O2)cc1[N+](=O)[O-]. The minimum Gasteiger partial charge on any atom is -0.402 e. The van der Waals surface area contributed by atoms with Crippen LogP contribution >= 0.6 is 0 Å². The molecule has 3 aromatic carbocycles. The van der Waals surface area contributed by atoms with Crippen molar-refractivity contribution < 1.29 is 28.9 Å². The average molecular weight is 538 g/mol. The number of benzene rings is 3. The number of hydrogen-bond donors (Lipinski definition) is 0. The van der Waals surface area contributed by atoms with E-state index in [4.69, 9.17) is 9.47 Å². The third kappa shape index (κ3) is 5.13. The van der Waals surface area contributed by atoms with Crippen LogP contribution in [0.5, 0.6) is 0 Å². The van der Waals surface area contributed by atoms with E-state index in [2.05, 4.69) is 9.98 Å². The highest BCUT2D eigenvalue weighted by molar-refractivity contribution is 6.14. The topological polar surface area (TPSA) is 164 Å². The number of hydrogen-bond acceptors (Lipinski definition) is 10. The van der Waals surface area contributed by atoms with Gasteiger partial charge >= 0.3 is 11.9 Å². The van der Waals surface area contributed by atoms with Crippen molar-refractivity contribution in [2.24, 2.45) is 9.98 Å². The zero-order chi connectivity index (χ0) is 28.6. The average Bonchev–Trinajstić information content (AvgIpc) is 3.47. The van der Waals surface area contributed by atoms with Gasteiger partial charge in [-0.2, -0.15) is 0 Å². The van der Waals surface area contributed by atoms with Crippen molar-refractivity contribution in [2.75, 3.05) is 0 Å². The summed E-state index contributed by atoms with van der Waals surface area (Å²) in [7, 11) is 0. The molecule has 0 N–H and O–H groups in total. The molecule has 0 saturated carbocycles. The second-order valence-corrected chi connectivity index (χ2v) is 8.86. The molecule has 0 unspecified atom stereocenters. The van der Waals surface area contributed by atoms with E-state index in [-0.39, 0.29) is 34.6 Å². The molecule has 12 nitrogen and oxygen atoms in total. The first-order chi connectivity index (χ1) is 19.1. The zero-order valence-corrected chi connectivity index (χ0v) is 21.0. The van der Waals surface area contributed by atoms with E-state index >= 15 is 0 Å². The highest BCUT2D eigenvalue weighted by Gasteiger charge is 2.27. The fourth-order valence-electron chi connectivity index (χ4n) is 3.95. The van der Waals surface area contributed by atoms with Crippen molar-refractivity contribution in [3.8, 4) is 0 Å². The van der Waals surface area contributed by atoms with Gasteiger partial charge in [0.05, 0.1) is 9.85 Å². The van der Waals surface area contributed by atoms with E-state index in [1.54, 1.807) is 62.4 Å². The summed E-state index contributed by atoms with van der Waals surface area (Å²) in [5, 5.41) is 22.5. The third-order valence-electron chi connectivity index (χ3n) is 6.09. The molecule has 2 aliphatic rings. The fourth-order valence-corrected chi connectivity index (χ4v) is 3.95. The van der Waals surface area contributed by atoms with Gasteiger partial charge in [-0.25, -0.2) is 19.6 Å². The second kappa shape index (κ2) is 10.2. The maximum Gasteiger partial charge on any atom is 0.363 e. The molecular weight excluding hydrogens is 520 g/mol. The Morgan fingerprint density at radius 2 is 1.02 bits per heavy atom. The number of carbonyl (C=O) groups excluding carboxylic acids is 2. The summed E-state index contributed by atoms with van der Waals surface area (Å²) in [4.78, 5) is 54.5. The van der Waals surface area contributed by atoms with Crippen LogP contribution < -0.4 is 0 Å². The number of nitro benzene ring substituents is 2. The van der Waals surface area contributed by atoms with Crippen LogP contribution in [-0.2, 0) is 19.1 Å². The molecule has 0 aliphatic carbocycles. The lowest BCUT2D eigenvalue weighted by Gasteiger charge is -2.01. The molecular formula is C28H18N4O8. The van der Waals surface area contributed by atoms with Crippen molar-refractivity contribution in [1.82, 2.24) is 0 Å². The van der Waals surface area contributed by atoms with Crippen LogP contribution in [0.3, 0.4) is 0 Å². The Labute approximate surface area is 225 Å². The molecule has 40 heavy (non-hydrogen) atoms. The van der Waals surface area contributed by atoms with Crippen LogP contribution in [0.4, 0.5) is 11.4 Å². The van der Waals surface area contributed by atoms with Gasteiger partial charge in [0, 0.05) is 34.4 Å². The molecule has 0 bridgehead atoms. The number of nitrogens with zero attached hydrogens (tertiary/aromatic N) is 4. The molecule has 0 spiro atoms. The molecule has 2 aliphatic heterocycles. The standard InChI is InChI=1S/C28H18N4O8/c1-15-3-9-19(13-23(15)31(35)36)25-29-21(27(33)39-25)11-17-5-7-18(8-6-17)12-22-28(34)40-26(30-22)20-10-4-16(2)24(14-20)32(37)38/h3-14H,1-2H3/b21-11-,22-12-. The maximum absolute atomic E-state index is 12.4. The van der Waals surface area contributed by atoms with Gasteiger partial charge < -0.3 is 9.47 Å². The maximum atomic E-state index is 12.4. The van der Waals surface area contributed by atoms with Crippen LogP contribution in [0.25, 0.3) is 12.2 Å². The van der Waals surface area contributed by atoms with Gasteiger partial charge in [-0.1, -0.05) is 36.4 Å². The first-order valence-electron chi connectivity index (χ1n) is 11.7. The van der Waals surface area contributed by atoms with Crippen LogP contribution in [-0.4, -0.2) is 33.6 Å². The van der Waals surface area contributed by atoms with Gasteiger partial charge in [-0.3, -0.25) is 20.2 Å². The normalized spacial score (nSPS) is 16.6. The smallest absolute Gasteiger partial charge is 0.363 e. The quantitative estimate of drug-likeness (QED) is 0.187. The number of aliphatic imine (C=N–C) groups is 2. The van der Waals surface area contributed by atoms with E-state index in [1.807, 2.05) is 0 Å². The molecule has 5 rings (SSSR count). The number of ether oxygens (including phenoxy) is 2. The summed E-state index contributed by atoms with van der Waals surface area (Å²) < 4.78 is 10.4. The summed E-state index contributed by atoms with van der Waals surface area (Å²) in [5.74, 6) is -1.46. The summed E-state index contributed by atoms with van der Waals surface area (Å²) in [5.41, 5.74) is 2.59. The van der Waals surface area contributed by atoms with Crippen molar-refractivity contribution in [1.29, 1.82) is 0 Å². The number of esters is 2. The number of cyclic esters (lactones) is 2. The van der Waals surface area contributed by atoms with E-state index < -0.39 is 21.8 Å². The van der Waals surface area contributed by atoms with Gasteiger partial charge in [0.25, 0.3) is 11.4 Å².